The van der Waals surface area contributed by atoms with Crippen molar-refractivity contribution in [1.82, 2.24) is 9.72 Å². The first-order chi connectivity index (χ1) is 12.7. The van der Waals surface area contributed by atoms with Gasteiger partial charge in [0.05, 0.1) is 7.11 Å². The van der Waals surface area contributed by atoms with E-state index >= 15 is 0 Å². The van der Waals surface area contributed by atoms with Gasteiger partial charge in [0.1, 0.15) is 11.4 Å². The molecule has 0 radical (unpaired) electrons. The van der Waals surface area contributed by atoms with Crippen LogP contribution < -0.4 is 10.1 Å². The molecule has 0 aliphatic rings. The van der Waals surface area contributed by atoms with Crippen LogP contribution in [0.15, 0.2) is 54.7 Å². The molecule has 0 unspecified atom stereocenters. The summed E-state index contributed by atoms with van der Waals surface area (Å²) in [7, 11) is 1.61. The van der Waals surface area contributed by atoms with Gasteiger partial charge in [0, 0.05) is 23.8 Å². The van der Waals surface area contributed by atoms with E-state index in [1.165, 1.54) is 0 Å². The van der Waals surface area contributed by atoms with Gasteiger partial charge in [-0.05, 0) is 42.3 Å². The summed E-state index contributed by atoms with van der Waals surface area (Å²) in [6.07, 6.45) is 3.60. The van der Waals surface area contributed by atoms with Gasteiger partial charge in [0.15, 0.2) is 0 Å². The van der Waals surface area contributed by atoms with Crippen LogP contribution in [-0.2, 0) is 4.79 Å². The van der Waals surface area contributed by atoms with E-state index in [0.29, 0.717) is 12.2 Å². The lowest BCUT2D eigenvalue weighted by Crippen LogP contribution is -2.32. The molecule has 1 aromatic carbocycles. The first-order valence-electron chi connectivity index (χ1n) is 8.72. The Morgan fingerprint density at radius 3 is 2.58 bits per heavy atom. The summed E-state index contributed by atoms with van der Waals surface area (Å²) in [5.41, 5.74) is 2.83. The highest BCUT2D eigenvalue weighted by atomic mass is 16.5. The van der Waals surface area contributed by atoms with Gasteiger partial charge < -0.3 is 14.5 Å². The van der Waals surface area contributed by atoms with E-state index < -0.39 is 11.7 Å². The number of nitrogens with zero attached hydrogens (tertiary/aromatic N) is 1. The van der Waals surface area contributed by atoms with Crippen molar-refractivity contribution in [1.29, 1.82) is 0 Å². The number of hydrogen-bond donors (Lipinski definition) is 1. The molecule has 0 saturated heterocycles. The first-order valence-corrected chi connectivity index (χ1v) is 8.72. The normalized spacial score (nSPS) is 10.7. The lowest BCUT2D eigenvalue weighted by atomic mass is 10.0. The predicted octanol–water partition coefficient (Wildman–Crippen LogP) is 3.71. The zero-order valence-electron chi connectivity index (χ0n) is 15.0. The fourth-order valence-corrected chi connectivity index (χ4v) is 2.91. The third-order valence-electron chi connectivity index (χ3n) is 4.32. The number of methoxy groups -OCH3 is 1. The number of amides is 1. The predicted molar refractivity (Wildman–Crippen MR) is 102 cm³/mol. The molecule has 0 saturated carbocycles. The Kier molecular flexibility index (Phi) is 5.37. The molecule has 2 aromatic heterocycles. The van der Waals surface area contributed by atoms with Gasteiger partial charge in [-0.15, -0.1) is 0 Å². The van der Waals surface area contributed by atoms with Gasteiger partial charge in [0.2, 0.25) is 0 Å². The van der Waals surface area contributed by atoms with Crippen LogP contribution in [0.3, 0.4) is 0 Å². The van der Waals surface area contributed by atoms with Gasteiger partial charge in [-0.25, -0.2) is 0 Å². The number of ether oxygens (including phenoxy) is 1. The van der Waals surface area contributed by atoms with Gasteiger partial charge in [-0.3, -0.25) is 9.59 Å². The van der Waals surface area contributed by atoms with Crippen molar-refractivity contribution in [3.05, 3.63) is 60.4 Å². The van der Waals surface area contributed by atoms with E-state index in [1.54, 1.807) is 17.7 Å². The highest BCUT2D eigenvalue weighted by Crippen LogP contribution is 2.29. The van der Waals surface area contributed by atoms with E-state index in [-0.39, 0.29) is 0 Å². The number of carbonyl (C=O) groups excluding carboxylic acids is 2. The fraction of sp³-hybridized carbons (Fsp3) is 0.238. The standard InChI is InChI=1S/C21H22N2O3/c1-3-4-12-22-21(25)20(24)19-18(14-16-7-5-6-13-23(16)19)15-8-10-17(26-2)11-9-15/h5-11,13-14H,3-4,12H2,1-2H3,(H,22,25). The highest BCUT2D eigenvalue weighted by molar-refractivity contribution is 6.43. The summed E-state index contributed by atoms with van der Waals surface area (Å²) < 4.78 is 6.96. The van der Waals surface area contributed by atoms with Crippen molar-refractivity contribution in [3.8, 4) is 16.9 Å². The van der Waals surface area contributed by atoms with E-state index in [0.717, 1.165) is 35.2 Å². The molecular weight excluding hydrogens is 328 g/mol. The Bertz CT molecular complexity index is 926. The van der Waals surface area contributed by atoms with Crippen molar-refractivity contribution in [3.63, 3.8) is 0 Å². The Balaban J connectivity index is 2.04. The van der Waals surface area contributed by atoms with E-state index in [1.807, 2.05) is 55.5 Å². The van der Waals surface area contributed by atoms with Crippen LogP contribution in [0, 0.1) is 0 Å². The number of benzene rings is 1. The largest absolute Gasteiger partial charge is 0.497 e. The van der Waals surface area contributed by atoms with Crippen molar-refractivity contribution in [2.75, 3.05) is 13.7 Å². The van der Waals surface area contributed by atoms with Crippen molar-refractivity contribution in [2.24, 2.45) is 0 Å². The molecule has 3 aromatic rings. The van der Waals surface area contributed by atoms with Crippen LogP contribution in [0.1, 0.15) is 30.3 Å². The molecule has 0 aliphatic heterocycles. The van der Waals surface area contributed by atoms with Crippen LogP contribution >= 0.6 is 0 Å². The number of Topliss-reactive ketones (excluding diaryl/α,β-unsaturated/α-hetero) is 1. The molecule has 5 nitrogen and oxygen atoms in total. The Morgan fingerprint density at radius 1 is 1.12 bits per heavy atom. The third kappa shape index (κ3) is 3.47. The SMILES string of the molecule is CCCCNC(=O)C(=O)c1c(-c2ccc(OC)cc2)cc2ccccn12. The molecular formula is C21H22N2O3. The molecule has 5 heteroatoms. The minimum Gasteiger partial charge on any atom is -0.497 e. The number of pyridine rings is 1. The maximum absolute atomic E-state index is 12.9. The summed E-state index contributed by atoms with van der Waals surface area (Å²) >= 11 is 0. The number of fused-ring (bicyclic) bond motifs is 1. The van der Waals surface area contributed by atoms with Crippen LogP contribution in [0.4, 0.5) is 0 Å². The maximum Gasteiger partial charge on any atom is 0.294 e. The second-order valence-corrected chi connectivity index (χ2v) is 6.07. The molecule has 2 heterocycles. The van der Waals surface area contributed by atoms with Gasteiger partial charge in [-0.1, -0.05) is 31.5 Å². The summed E-state index contributed by atoms with van der Waals surface area (Å²) in [4.78, 5) is 25.2. The van der Waals surface area contributed by atoms with E-state index in [2.05, 4.69) is 5.32 Å². The summed E-state index contributed by atoms with van der Waals surface area (Å²) in [6.45, 7) is 2.54. The van der Waals surface area contributed by atoms with E-state index in [4.69, 9.17) is 4.74 Å². The second-order valence-electron chi connectivity index (χ2n) is 6.07. The molecule has 0 spiro atoms. The molecule has 0 aliphatic carbocycles. The molecule has 0 atom stereocenters. The topological polar surface area (TPSA) is 59.8 Å². The maximum atomic E-state index is 12.9. The lowest BCUT2D eigenvalue weighted by molar-refractivity contribution is -0.117. The van der Waals surface area contributed by atoms with Gasteiger partial charge in [-0.2, -0.15) is 0 Å². The molecule has 3 rings (SSSR count). The third-order valence-corrected chi connectivity index (χ3v) is 4.32. The molecule has 26 heavy (non-hydrogen) atoms. The minimum absolute atomic E-state index is 0.375. The van der Waals surface area contributed by atoms with Crippen LogP contribution in [0.5, 0.6) is 5.75 Å². The summed E-state index contributed by atoms with van der Waals surface area (Å²) in [5, 5.41) is 2.71. The average molecular weight is 350 g/mol. The number of ketones is 1. The monoisotopic (exact) mass is 350 g/mol. The van der Waals surface area contributed by atoms with Crippen molar-refractivity contribution < 1.29 is 14.3 Å². The van der Waals surface area contributed by atoms with Crippen molar-refractivity contribution in [2.45, 2.75) is 19.8 Å². The van der Waals surface area contributed by atoms with Crippen molar-refractivity contribution >= 4 is 17.2 Å². The second kappa shape index (κ2) is 7.87. The molecule has 0 bridgehead atoms. The Hall–Kier alpha value is -3.08. The molecule has 0 fully saturated rings. The number of rotatable bonds is 7. The number of unbranched alkanes of at least 4 members (excludes halogenated alkanes) is 1. The number of carbonyl (C=O) groups is 2. The molecule has 134 valence electrons. The summed E-state index contributed by atoms with van der Waals surface area (Å²) in [6, 6.07) is 15.0. The smallest absolute Gasteiger partial charge is 0.294 e. The molecule has 1 N–H and O–H groups in total. The number of aromatic nitrogens is 1. The van der Waals surface area contributed by atoms with Crippen LogP contribution in [0.25, 0.3) is 16.6 Å². The lowest BCUT2D eigenvalue weighted by Gasteiger charge is -2.08. The first kappa shape index (κ1) is 17.7. The Morgan fingerprint density at radius 2 is 1.88 bits per heavy atom. The van der Waals surface area contributed by atoms with Crippen LogP contribution in [-0.4, -0.2) is 29.7 Å². The Labute approximate surface area is 152 Å². The van der Waals surface area contributed by atoms with Gasteiger partial charge >= 0.3 is 0 Å². The zero-order valence-corrected chi connectivity index (χ0v) is 15.0. The molecule has 1 amide bonds. The number of nitrogens with one attached hydrogen (secondary N) is 1. The highest BCUT2D eigenvalue weighted by Gasteiger charge is 2.24. The number of hydrogen-bond acceptors (Lipinski definition) is 3. The quantitative estimate of drug-likeness (QED) is 0.401. The van der Waals surface area contributed by atoms with Crippen LogP contribution in [0.2, 0.25) is 0 Å². The average Bonchev–Trinajstić information content (AvgIpc) is 3.07. The van der Waals surface area contributed by atoms with Gasteiger partial charge in [0.25, 0.3) is 11.7 Å². The fourth-order valence-electron chi connectivity index (χ4n) is 2.91. The summed E-state index contributed by atoms with van der Waals surface area (Å²) in [5.74, 6) is -0.363. The van der Waals surface area contributed by atoms with E-state index in [9.17, 15) is 9.59 Å². The zero-order chi connectivity index (χ0) is 18.5. The minimum atomic E-state index is -0.572.